The molecule has 0 aliphatic heterocycles. The summed E-state index contributed by atoms with van der Waals surface area (Å²) in [6.07, 6.45) is 4.98. The van der Waals surface area contributed by atoms with Crippen LogP contribution in [0, 0.1) is 0 Å². The van der Waals surface area contributed by atoms with Crippen LogP contribution in [-0.4, -0.2) is 9.55 Å². The summed E-state index contributed by atoms with van der Waals surface area (Å²) < 4.78 is 3.39. The van der Waals surface area contributed by atoms with E-state index in [-0.39, 0.29) is 0 Å². The van der Waals surface area contributed by atoms with Gasteiger partial charge in [0.05, 0.1) is 15.8 Å². The predicted octanol–water partition coefficient (Wildman–Crippen LogP) is 3.41. The van der Waals surface area contributed by atoms with Crippen molar-refractivity contribution in [2.24, 2.45) is 0 Å². The number of thiophene rings is 1. The molecule has 0 spiro atoms. The molecule has 0 saturated heterocycles. The van der Waals surface area contributed by atoms with Gasteiger partial charge in [-0.15, -0.1) is 11.3 Å². The summed E-state index contributed by atoms with van der Waals surface area (Å²) in [7, 11) is 0. The number of halogens is 1. The lowest BCUT2D eigenvalue weighted by Crippen LogP contribution is -2.15. The van der Waals surface area contributed by atoms with Crippen molar-refractivity contribution in [3.8, 4) is 0 Å². The molecule has 2 heterocycles. The Morgan fingerprint density at radius 3 is 3.00 bits per heavy atom. The van der Waals surface area contributed by atoms with E-state index >= 15 is 0 Å². The van der Waals surface area contributed by atoms with Gasteiger partial charge in [0.15, 0.2) is 0 Å². The average Bonchev–Trinajstić information content (AvgIpc) is 2.90. The molecule has 0 aliphatic rings. The van der Waals surface area contributed by atoms with Gasteiger partial charge in [-0.05, 0) is 34.5 Å². The molecule has 2 aromatic rings. The van der Waals surface area contributed by atoms with Gasteiger partial charge in [-0.1, -0.05) is 6.92 Å². The van der Waals surface area contributed by atoms with E-state index in [0.29, 0.717) is 0 Å². The highest BCUT2D eigenvalue weighted by atomic mass is 79.9. The molecule has 1 N–H and O–H groups in total. The van der Waals surface area contributed by atoms with Gasteiger partial charge in [-0.2, -0.15) is 0 Å². The third-order valence-electron chi connectivity index (χ3n) is 2.50. The van der Waals surface area contributed by atoms with Gasteiger partial charge in [-0.25, -0.2) is 4.98 Å². The Bertz CT molecular complexity index is 464. The Labute approximate surface area is 114 Å². The van der Waals surface area contributed by atoms with Crippen LogP contribution >= 0.6 is 27.3 Å². The minimum Gasteiger partial charge on any atom is -0.333 e. The van der Waals surface area contributed by atoms with E-state index in [4.69, 9.17) is 0 Å². The van der Waals surface area contributed by atoms with Crippen LogP contribution in [0.2, 0.25) is 0 Å². The lowest BCUT2D eigenvalue weighted by atomic mass is 10.4. The molecule has 0 radical (unpaired) electrons. The lowest BCUT2D eigenvalue weighted by Gasteiger charge is -2.07. The number of rotatable bonds is 6. The van der Waals surface area contributed by atoms with Gasteiger partial charge in [0, 0.05) is 30.7 Å². The molecule has 2 aromatic heterocycles. The maximum atomic E-state index is 4.19. The molecule has 92 valence electrons. The highest BCUT2D eigenvalue weighted by Crippen LogP contribution is 2.21. The molecule has 0 saturated carbocycles. The number of imidazole rings is 1. The fraction of sp³-hybridized carbons (Fsp3) is 0.417. The van der Waals surface area contributed by atoms with Gasteiger partial charge < -0.3 is 9.88 Å². The van der Waals surface area contributed by atoms with Crippen molar-refractivity contribution in [2.45, 2.75) is 33.0 Å². The van der Waals surface area contributed by atoms with Gasteiger partial charge >= 0.3 is 0 Å². The van der Waals surface area contributed by atoms with Crippen LogP contribution in [0.4, 0.5) is 0 Å². The molecule has 17 heavy (non-hydrogen) atoms. The van der Waals surface area contributed by atoms with Crippen LogP contribution in [0.1, 0.15) is 23.9 Å². The first kappa shape index (κ1) is 12.8. The summed E-state index contributed by atoms with van der Waals surface area (Å²) in [5.74, 6) is 0. The van der Waals surface area contributed by atoms with Crippen LogP contribution in [-0.2, 0) is 19.6 Å². The fourth-order valence-electron chi connectivity index (χ4n) is 1.70. The molecule has 0 atom stereocenters. The number of aromatic nitrogens is 2. The van der Waals surface area contributed by atoms with Crippen molar-refractivity contribution in [3.05, 3.63) is 39.0 Å². The van der Waals surface area contributed by atoms with Crippen molar-refractivity contribution in [1.29, 1.82) is 0 Å². The predicted molar refractivity (Wildman–Crippen MR) is 75.1 cm³/mol. The molecular formula is C12H16BrN3S. The molecule has 3 nitrogen and oxygen atoms in total. The van der Waals surface area contributed by atoms with E-state index in [0.717, 1.165) is 26.1 Å². The highest BCUT2D eigenvalue weighted by Gasteiger charge is 2.01. The minimum atomic E-state index is 0.871. The molecule has 0 aromatic carbocycles. The van der Waals surface area contributed by atoms with Gasteiger partial charge in [-0.3, -0.25) is 0 Å². The SMILES string of the molecule is CCCn1cncc1CNCc1ccc(Br)s1. The normalized spacial score (nSPS) is 10.9. The van der Waals surface area contributed by atoms with Crippen LogP contribution < -0.4 is 5.32 Å². The number of hydrogen-bond acceptors (Lipinski definition) is 3. The second-order valence-corrected chi connectivity index (χ2v) is 6.44. The molecule has 0 bridgehead atoms. The van der Waals surface area contributed by atoms with Crippen molar-refractivity contribution in [1.82, 2.24) is 14.9 Å². The maximum absolute atomic E-state index is 4.19. The Kier molecular flexibility index (Phi) is 4.76. The molecule has 0 amide bonds. The van der Waals surface area contributed by atoms with Gasteiger partial charge in [0.25, 0.3) is 0 Å². The first-order chi connectivity index (χ1) is 8.29. The van der Waals surface area contributed by atoms with E-state index < -0.39 is 0 Å². The summed E-state index contributed by atoms with van der Waals surface area (Å²) in [5.41, 5.74) is 1.25. The van der Waals surface area contributed by atoms with Crippen molar-refractivity contribution in [3.63, 3.8) is 0 Å². The zero-order chi connectivity index (χ0) is 12.1. The van der Waals surface area contributed by atoms with Crippen LogP contribution in [0.25, 0.3) is 0 Å². The average molecular weight is 314 g/mol. The van der Waals surface area contributed by atoms with E-state index in [1.165, 1.54) is 14.4 Å². The van der Waals surface area contributed by atoms with Crippen LogP contribution in [0.15, 0.2) is 28.4 Å². The topological polar surface area (TPSA) is 29.9 Å². The summed E-state index contributed by atoms with van der Waals surface area (Å²) in [4.78, 5) is 5.53. The molecule has 5 heteroatoms. The molecular weight excluding hydrogens is 298 g/mol. The van der Waals surface area contributed by atoms with Gasteiger partial charge in [0.1, 0.15) is 0 Å². The quantitative estimate of drug-likeness (QED) is 0.885. The summed E-state index contributed by atoms with van der Waals surface area (Å²) in [5, 5.41) is 3.44. The van der Waals surface area contributed by atoms with Gasteiger partial charge in [0.2, 0.25) is 0 Å². The van der Waals surface area contributed by atoms with Crippen molar-refractivity contribution < 1.29 is 0 Å². The molecule has 0 aliphatic carbocycles. The number of aryl methyl sites for hydroxylation is 1. The minimum absolute atomic E-state index is 0.871. The van der Waals surface area contributed by atoms with Crippen LogP contribution in [0.3, 0.4) is 0 Å². The van der Waals surface area contributed by atoms with E-state index in [1.807, 2.05) is 12.5 Å². The second-order valence-electron chi connectivity index (χ2n) is 3.89. The monoisotopic (exact) mass is 313 g/mol. The standard InChI is InChI=1S/C12H16BrN3S/c1-2-5-16-9-15-7-10(16)6-14-8-11-3-4-12(13)17-11/h3-4,7,9,14H,2,5-6,8H2,1H3. The Morgan fingerprint density at radius 2 is 2.29 bits per heavy atom. The van der Waals surface area contributed by atoms with E-state index in [1.54, 1.807) is 11.3 Å². The zero-order valence-corrected chi connectivity index (χ0v) is 12.2. The Balaban J connectivity index is 1.83. The van der Waals surface area contributed by atoms with E-state index in [9.17, 15) is 0 Å². The second kappa shape index (κ2) is 6.33. The zero-order valence-electron chi connectivity index (χ0n) is 9.82. The largest absolute Gasteiger partial charge is 0.333 e. The first-order valence-corrected chi connectivity index (χ1v) is 7.34. The summed E-state index contributed by atoms with van der Waals surface area (Å²) in [6, 6.07) is 4.23. The lowest BCUT2D eigenvalue weighted by molar-refractivity contribution is 0.603. The third-order valence-corrected chi connectivity index (χ3v) is 4.12. The Hall–Kier alpha value is -0.650. The number of hydrogen-bond donors (Lipinski definition) is 1. The first-order valence-electron chi connectivity index (χ1n) is 5.73. The van der Waals surface area contributed by atoms with Crippen molar-refractivity contribution >= 4 is 27.3 Å². The summed E-state index contributed by atoms with van der Waals surface area (Å²) in [6.45, 7) is 5.00. The smallest absolute Gasteiger partial charge is 0.0948 e. The van der Waals surface area contributed by atoms with Crippen LogP contribution in [0.5, 0.6) is 0 Å². The van der Waals surface area contributed by atoms with Crippen molar-refractivity contribution in [2.75, 3.05) is 0 Å². The summed E-state index contributed by atoms with van der Waals surface area (Å²) >= 11 is 5.24. The highest BCUT2D eigenvalue weighted by molar-refractivity contribution is 9.11. The third kappa shape index (κ3) is 3.66. The fourth-order valence-corrected chi connectivity index (χ4v) is 3.15. The maximum Gasteiger partial charge on any atom is 0.0948 e. The van der Waals surface area contributed by atoms with E-state index in [2.05, 4.69) is 49.9 Å². The Morgan fingerprint density at radius 1 is 1.41 bits per heavy atom. The molecule has 0 fully saturated rings. The number of nitrogens with one attached hydrogen (secondary N) is 1. The molecule has 0 unspecified atom stereocenters. The number of nitrogens with zero attached hydrogens (tertiary/aromatic N) is 2. The molecule has 2 rings (SSSR count).